The van der Waals surface area contributed by atoms with Gasteiger partial charge in [0.15, 0.2) is 0 Å². The maximum Gasteiger partial charge on any atom is 0.146 e. The minimum Gasteiger partial charge on any atom is -0.387 e. The lowest BCUT2D eigenvalue weighted by molar-refractivity contribution is -0.131. The second-order valence-electron chi connectivity index (χ2n) is 5.13. The lowest BCUT2D eigenvalue weighted by Crippen LogP contribution is -2.64. The molecule has 5 heteroatoms. The molecule has 0 radical (unpaired) electrons. The molecule has 1 aromatic rings. The van der Waals surface area contributed by atoms with Crippen LogP contribution in [0.15, 0.2) is 0 Å². The van der Waals surface area contributed by atoms with E-state index in [1.807, 2.05) is 18.5 Å². The van der Waals surface area contributed by atoms with Gasteiger partial charge in [0, 0.05) is 20.1 Å². The average molecular weight is 224 g/mol. The van der Waals surface area contributed by atoms with Crippen molar-refractivity contribution >= 4 is 0 Å². The number of rotatable bonds is 3. The molecule has 0 saturated carbocycles. The fraction of sp³-hybridized carbons (Fsp3) is 0.818. The van der Waals surface area contributed by atoms with E-state index < -0.39 is 5.60 Å². The molecule has 2 rings (SSSR count). The molecule has 1 aliphatic heterocycles. The summed E-state index contributed by atoms with van der Waals surface area (Å²) in [4.78, 5) is 2.20. The molecule has 0 atom stereocenters. The van der Waals surface area contributed by atoms with E-state index in [1.54, 1.807) is 0 Å². The molecular weight excluding hydrogens is 204 g/mol. The summed E-state index contributed by atoms with van der Waals surface area (Å²) in [6, 6.07) is 0. The van der Waals surface area contributed by atoms with E-state index in [1.165, 1.54) is 0 Å². The monoisotopic (exact) mass is 224 g/mol. The smallest absolute Gasteiger partial charge is 0.146 e. The van der Waals surface area contributed by atoms with E-state index in [9.17, 15) is 5.11 Å². The van der Waals surface area contributed by atoms with Crippen molar-refractivity contribution in [2.24, 2.45) is 13.0 Å². The van der Waals surface area contributed by atoms with E-state index in [-0.39, 0.29) is 0 Å². The summed E-state index contributed by atoms with van der Waals surface area (Å²) in [5.41, 5.74) is -0.506. The molecule has 0 aromatic carbocycles. The van der Waals surface area contributed by atoms with E-state index in [0.29, 0.717) is 5.92 Å². The number of hydrogen-bond donors (Lipinski definition) is 1. The van der Waals surface area contributed by atoms with E-state index in [0.717, 1.165) is 31.3 Å². The molecule has 0 aliphatic carbocycles. The van der Waals surface area contributed by atoms with Gasteiger partial charge in [-0.2, -0.15) is 0 Å². The molecule has 0 amide bonds. The van der Waals surface area contributed by atoms with Crippen molar-refractivity contribution in [3.05, 3.63) is 11.6 Å². The molecule has 90 valence electrons. The van der Waals surface area contributed by atoms with Gasteiger partial charge in [-0.3, -0.25) is 4.90 Å². The highest BCUT2D eigenvalue weighted by Gasteiger charge is 2.43. The van der Waals surface area contributed by atoms with Gasteiger partial charge in [-0.1, -0.05) is 13.8 Å². The highest BCUT2D eigenvalue weighted by atomic mass is 16.3. The molecule has 0 unspecified atom stereocenters. The summed E-state index contributed by atoms with van der Waals surface area (Å²) < 4.78 is 1.99. The molecule has 1 saturated heterocycles. The summed E-state index contributed by atoms with van der Waals surface area (Å²) in [5, 5.41) is 18.3. The van der Waals surface area contributed by atoms with Crippen LogP contribution in [0.1, 0.15) is 25.5 Å². The highest BCUT2D eigenvalue weighted by Crippen LogP contribution is 2.29. The number of hydrogen-bond acceptors (Lipinski definition) is 4. The summed E-state index contributed by atoms with van der Waals surface area (Å²) in [6.45, 7) is 8.30. The van der Waals surface area contributed by atoms with Crippen molar-refractivity contribution in [3.8, 4) is 0 Å². The first-order valence-electron chi connectivity index (χ1n) is 5.72. The van der Waals surface area contributed by atoms with Crippen molar-refractivity contribution in [1.82, 2.24) is 19.7 Å². The highest BCUT2D eigenvalue weighted by molar-refractivity contribution is 5.01. The molecule has 1 fully saturated rings. The van der Waals surface area contributed by atoms with Crippen molar-refractivity contribution in [1.29, 1.82) is 0 Å². The van der Waals surface area contributed by atoms with Gasteiger partial charge >= 0.3 is 0 Å². The Balaban J connectivity index is 1.93. The molecule has 0 bridgehead atoms. The first-order chi connectivity index (χ1) is 7.42. The minimum atomic E-state index is -0.506. The Kier molecular flexibility index (Phi) is 2.75. The third-order valence-corrected chi connectivity index (χ3v) is 3.62. The summed E-state index contributed by atoms with van der Waals surface area (Å²) in [5.74, 6) is 2.20. The molecule has 1 aliphatic rings. The van der Waals surface area contributed by atoms with Gasteiger partial charge in [-0.15, -0.1) is 10.2 Å². The molecule has 5 nitrogen and oxygen atoms in total. The van der Waals surface area contributed by atoms with Gasteiger partial charge in [-0.05, 0) is 12.8 Å². The molecule has 1 aromatic heterocycles. The first-order valence-corrected chi connectivity index (χ1v) is 5.72. The topological polar surface area (TPSA) is 54.2 Å². The third-order valence-electron chi connectivity index (χ3n) is 3.62. The van der Waals surface area contributed by atoms with Crippen LogP contribution in [0, 0.1) is 12.8 Å². The third kappa shape index (κ3) is 1.85. The van der Waals surface area contributed by atoms with Gasteiger partial charge < -0.3 is 9.67 Å². The van der Waals surface area contributed by atoms with Crippen LogP contribution in [0.25, 0.3) is 0 Å². The van der Waals surface area contributed by atoms with Crippen LogP contribution in [-0.2, 0) is 13.6 Å². The fourth-order valence-corrected chi connectivity index (χ4v) is 1.99. The lowest BCUT2D eigenvalue weighted by Gasteiger charge is -2.48. The van der Waals surface area contributed by atoms with E-state index in [4.69, 9.17) is 0 Å². The zero-order valence-corrected chi connectivity index (χ0v) is 10.4. The van der Waals surface area contributed by atoms with Crippen LogP contribution in [0.2, 0.25) is 0 Å². The first kappa shape index (κ1) is 11.5. The van der Waals surface area contributed by atoms with Crippen molar-refractivity contribution in [3.63, 3.8) is 0 Å². The van der Waals surface area contributed by atoms with Gasteiger partial charge in [0.2, 0.25) is 0 Å². The standard InChI is InChI=1S/C11H20N4O/c1-8(2)11(16)6-15(7-11)5-10-13-12-9(3)14(10)4/h8,16H,5-7H2,1-4H3. The number of β-amino-alcohol motifs (C(OH)–C–C–N with tert-alkyl or cyclic N) is 1. The molecule has 0 spiro atoms. The Morgan fingerprint density at radius 3 is 2.44 bits per heavy atom. The molecular formula is C11H20N4O. The number of nitrogens with zero attached hydrogens (tertiary/aromatic N) is 4. The van der Waals surface area contributed by atoms with Gasteiger partial charge in [0.25, 0.3) is 0 Å². The quantitative estimate of drug-likeness (QED) is 0.803. The fourth-order valence-electron chi connectivity index (χ4n) is 1.99. The summed E-state index contributed by atoms with van der Waals surface area (Å²) in [6.07, 6.45) is 0. The number of aromatic nitrogens is 3. The van der Waals surface area contributed by atoms with E-state index >= 15 is 0 Å². The van der Waals surface area contributed by atoms with Crippen molar-refractivity contribution < 1.29 is 5.11 Å². The lowest BCUT2D eigenvalue weighted by atomic mass is 9.83. The van der Waals surface area contributed by atoms with Crippen LogP contribution >= 0.6 is 0 Å². The van der Waals surface area contributed by atoms with Gasteiger partial charge in [0.1, 0.15) is 11.6 Å². The maximum atomic E-state index is 10.1. The normalized spacial score (nSPS) is 20.1. The van der Waals surface area contributed by atoms with Crippen LogP contribution in [0.5, 0.6) is 0 Å². The Morgan fingerprint density at radius 1 is 1.38 bits per heavy atom. The number of aliphatic hydroxyl groups is 1. The second kappa shape index (κ2) is 3.82. The Labute approximate surface area is 96.1 Å². The summed E-state index contributed by atoms with van der Waals surface area (Å²) >= 11 is 0. The van der Waals surface area contributed by atoms with Gasteiger partial charge in [0.05, 0.1) is 12.1 Å². The van der Waals surface area contributed by atoms with Crippen LogP contribution in [0.4, 0.5) is 0 Å². The molecule has 1 N–H and O–H groups in total. The zero-order valence-electron chi connectivity index (χ0n) is 10.4. The van der Waals surface area contributed by atoms with Gasteiger partial charge in [-0.25, -0.2) is 0 Å². The Bertz CT molecular complexity index is 379. The molecule has 16 heavy (non-hydrogen) atoms. The maximum absolute atomic E-state index is 10.1. The van der Waals surface area contributed by atoms with Crippen LogP contribution < -0.4 is 0 Å². The van der Waals surface area contributed by atoms with Crippen LogP contribution in [-0.4, -0.2) is 43.5 Å². The minimum absolute atomic E-state index is 0.310. The Morgan fingerprint density at radius 2 is 2.00 bits per heavy atom. The Hall–Kier alpha value is -0.940. The number of likely N-dealkylation sites (tertiary alicyclic amines) is 1. The van der Waals surface area contributed by atoms with Crippen molar-refractivity contribution in [2.75, 3.05) is 13.1 Å². The number of aryl methyl sites for hydroxylation is 1. The predicted octanol–water partition coefficient (Wildman–Crippen LogP) is 0.326. The second-order valence-corrected chi connectivity index (χ2v) is 5.13. The largest absolute Gasteiger partial charge is 0.387 e. The van der Waals surface area contributed by atoms with Crippen molar-refractivity contribution in [2.45, 2.75) is 32.9 Å². The summed E-state index contributed by atoms with van der Waals surface area (Å²) in [7, 11) is 1.97. The zero-order chi connectivity index (χ0) is 11.9. The average Bonchev–Trinajstić information content (AvgIpc) is 2.46. The molecule has 2 heterocycles. The SMILES string of the molecule is Cc1nnc(CN2CC(O)(C(C)C)C2)n1C. The predicted molar refractivity (Wildman–Crippen MR) is 60.8 cm³/mol. The van der Waals surface area contributed by atoms with Crippen LogP contribution in [0.3, 0.4) is 0 Å². The van der Waals surface area contributed by atoms with E-state index in [2.05, 4.69) is 28.9 Å².